The predicted octanol–water partition coefficient (Wildman–Crippen LogP) is 4.31. The fourth-order valence-electron chi connectivity index (χ4n) is 3.36. The molecular formula is C21H17F3N4O. The quantitative estimate of drug-likeness (QED) is 0.714. The van der Waals surface area contributed by atoms with Crippen molar-refractivity contribution in [3.63, 3.8) is 0 Å². The van der Waals surface area contributed by atoms with Gasteiger partial charge in [0.25, 0.3) is 5.91 Å². The van der Waals surface area contributed by atoms with Crippen LogP contribution in [0.4, 0.5) is 24.7 Å². The molecule has 1 amide bonds. The number of aromatic nitrogens is 2. The SMILES string of the molecule is O=C(Nc1ccccc1C(F)(F)F)c1cc(N2CCc3ccccc3C2)ncn1. The van der Waals surface area contributed by atoms with Crippen LogP contribution in [-0.4, -0.2) is 22.4 Å². The number of halogens is 3. The van der Waals surface area contributed by atoms with Crippen LogP contribution in [-0.2, 0) is 19.1 Å². The zero-order valence-corrected chi connectivity index (χ0v) is 15.3. The maximum absolute atomic E-state index is 13.1. The fraction of sp³-hybridized carbons (Fsp3) is 0.190. The molecule has 0 bridgehead atoms. The van der Waals surface area contributed by atoms with Gasteiger partial charge in [0, 0.05) is 19.2 Å². The van der Waals surface area contributed by atoms with Crippen LogP contribution in [0.1, 0.15) is 27.2 Å². The van der Waals surface area contributed by atoms with E-state index in [1.807, 2.05) is 23.1 Å². The Morgan fingerprint density at radius 1 is 1.00 bits per heavy atom. The minimum Gasteiger partial charge on any atom is -0.352 e. The van der Waals surface area contributed by atoms with Gasteiger partial charge in [-0.1, -0.05) is 36.4 Å². The number of anilines is 2. The number of nitrogens with zero attached hydrogens (tertiary/aromatic N) is 3. The van der Waals surface area contributed by atoms with Crippen molar-refractivity contribution in [1.82, 2.24) is 9.97 Å². The molecule has 148 valence electrons. The number of carbonyl (C=O) groups excluding carboxylic acids is 1. The maximum Gasteiger partial charge on any atom is 0.418 e. The van der Waals surface area contributed by atoms with Gasteiger partial charge in [-0.15, -0.1) is 0 Å². The summed E-state index contributed by atoms with van der Waals surface area (Å²) < 4.78 is 39.4. The highest BCUT2D eigenvalue weighted by Gasteiger charge is 2.33. The van der Waals surface area contributed by atoms with Gasteiger partial charge in [-0.05, 0) is 29.7 Å². The number of benzene rings is 2. The predicted molar refractivity (Wildman–Crippen MR) is 103 cm³/mol. The molecule has 1 aliphatic heterocycles. The summed E-state index contributed by atoms with van der Waals surface area (Å²) in [6.45, 7) is 1.37. The minimum absolute atomic E-state index is 0.00540. The van der Waals surface area contributed by atoms with Crippen molar-refractivity contribution in [2.75, 3.05) is 16.8 Å². The third kappa shape index (κ3) is 4.06. The molecule has 5 nitrogen and oxygen atoms in total. The Morgan fingerprint density at radius 2 is 1.72 bits per heavy atom. The summed E-state index contributed by atoms with van der Waals surface area (Å²) in [5.41, 5.74) is 1.25. The number of amides is 1. The Morgan fingerprint density at radius 3 is 2.52 bits per heavy atom. The van der Waals surface area contributed by atoms with E-state index in [1.54, 1.807) is 0 Å². The summed E-state index contributed by atoms with van der Waals surface area (Å²) in [6.07, 6.45) is -2.47. The molecule has 29 heavy (non-hydrogen) atoms. The monoisotopic (exact) mass is 398 g/mol. The number of rotatable bonds is 3. The molecule has 8 heteroatoms. The first-order chi connectivity index (χ1) is 13.9. The lowest BCUT2D eigenvalue weighted by Gasteiger charge is -2.29. The molecule has 4 rings (SSSR count). The maximum atomic E-state index is 13.1. The molecule has 2 heterocycles. The average molecular weight is 398 g/mol. The van der Waals surface area contributed by atoms with E-state index in [9.17, 15) is 18.0 Å². The number of hydrogen-bond acceptors (Lipinski definition) is 4. The summed E-state index contributed by atoms with van der Waals surface area (Å²) in [4.78, 5) is 22.7. The first-order valence-corrected chi connectivity index (χ1v) is 9.03. The second kappa shape index (κ2) is 7.54. The summed E-state index contributed by atoms with van der Waals surface area (Å²) in [6, 6.07) is 14.4. The van der Waals surface area contributed by atoms with Crippen LogP contribution in [0, 0.1) is 0 Å². The van der Waals surface area contributed by atoms with Crippen molar-refractivity contribution in [3.05, 3.63) is 83.3 Å². The summed E-state index contributed by atoms with van der Waals surface area (Å²) in [7, 11) is 0. The van der Waals surface area contributed by atoms with Crippen LogP contribution in [0.5, 0.6) is 0 Å². The fourth-order valence-corrected chi connectivity index (χ4v) is 3.36. The molecule has 0 unspecified atom stereocenters. The van der Waals surface area contributed by atoms with Crippen molar-refractivity contribution in [1.29, 1.82) is 0 Å². The molecule has 3 aromatic rings. The molecule has 2 aromatic carbocycles. The van der Waals surface area contributed by atoms with Gasteiger partial charge in [-0.25, -0.2) is 9.97 Å². The van der Waals surface area contributed by atoms with Gasteiger partial charge in [0.2, 0.25) is 0 Å². The minimum atomic E-state index is -4.57. The van der Waals surface area contributed by atoms with Gasteiger partial charge in [0.1, 0.15) is 17.8 Å². The third-order valence-corrected chi connectivity index (χ3v) is 4.82. The van der Waals surface area contributed by atoms with Crippen LogP contribution in [0.15, 0.2) is 60.9 Å². The first-order valence-electron chi connectivity index (χ1n) is 9.03. The van der Waals surface area contributed by atoms with Gasteiger partial charge < -0.3 is 10.2 Å². The molecule has 1 N–H and O–H groups in total. The second-order valence-corrected chi connectivity index (χ2v) is 6.70. The van der Waals surface area contributed by atoms with E-state index in [0.717, 1.165) is 19.0 Å². The molecule has 0 saturated carbocycles. The number of fused-ring (bicyclic) bond motifs is 1. The van der Waals surface area contributed by atoms with Crippen LogP contribution < -0.4 is 10.2 Å². The summed E-state index contributed by atoms with van der Waals surface area (Å²) >= 11 is 0. The number of hydrogen-bond donors (Lipinski definition) is 1. The number of para-hydroxylation sites is 1. The highest BCUT2D eigenvalue weighted by molar-refractivity contribution is 6.03. The Hall–Kier alpha value is -3.42. The second-order valence-electron chi connectivity index (χ2n) is 6.70. The smallest absolute Gasteiger partial charge is 0.352 e. The highest BCUT2D eigenvalue weighted by atomic mass is 19.4. The van der Waals surface area contributed by atoms with Gasteiger partial charge in [0.15, 0.2) is 0 Å². The molecule has 0 atom stereocenters. The third-order valence-electron chi connectivity index (χ3n) is 4.82. The summed E-state index contributed by atoms with van der Waals surface area (Å²) in [5.74, 6) is -0.161. The lowest BCUT2D eigenvalue weighted by molar-refractivity contribution is -0.136. The van der Waals surface area contributed by atoms with Gasteiger partial charge in [0.05, 0.1) is 11.3 Å². The number of alkyl halides is 3. The van der Waals surface area contributed by atoms with Gasteiger partial charge in [-0.2, -0.15) is 13.2 Å². The standard InChI is InChI=1S/C21H17F3N4O/c22-21(23,24)16-7-3-4-8-17(16)27-20(29)18-11-19(26-13-25-18)28-10-9-14-5-1-2-6-15(14)12-28/h1-8,11,13H,9-10,12H2,(H,27,29). The lowest BCUT2D eigenvalue weighted by atomic mass is 10.00. The Labute approximate surface area is 165 Å². The molecule has 0 aliphatic carbocycles. The molecule has 0 spiro atoms. The van der Waals surface area contributed by atoms with Crippen molar-refractivity contribution in [3.8, 4) is 0 Å². The van der Waals surface area contributed by atoms with Crippen molar-refractivity contribution < 1.29 is 18.0 Å². The van der Waals surface area contributed by atoms with E-state index < -0.39 is 17.6 Å². The van der Waals surface area contributed by atoms with E-state index in [0.29, 0.717) is 12.4 Å². The molecular weight excluding hydrogens is 381 g/mol. The normalized spacial score (nSPS) is 13.7. The lowest BCUT2D eigenvalue weighted by Crippen LogP contribution is -2.31. The van der Waals surface area contributed by atoms with Crippen LogP contribution in [0.3, 0.4) is 0 Å². The molecule has 0 fully saturated rings. The Bertz CT molecular complexity index is 1050. The topological polar surface area (TPSA) is 58.1 Å². The van der Waals surface area contributed by atoms with E-state index in [1.165, 1.54) is 41.7 Å². The largest absolute Gasteiger partial charge is 0.418 e. The van der Waals surface area contributed by atoms with Crippen LogP contribution >= 0.6 is 0 Å². The summed E-state index contributed by atoms with van der Waals surface area (Å²) in [5, 5.41) is 2.31. The first kappa shape index (κ1) is 18.9. The number of nitrogens with one attached hydrogen (secondary N) is 1. The molecule has 1 aromatic heterocycles. The van der Waals surface area contributed by atoms with E-state index in [4.69, 9.17) is 0 Å². The van der Waals surface area contributed by atoms with Crippen molar-refractivity contribution in [2.45, 2.75) is 19.1 Å². The molecule has 0 radical (unpaired) electrons. The van der Waals surface area contributed by atoms with Gasteiger partial charge >= 0.3 is 6.18 Å². The molecule has 0 saturated heterocycles. The van der Waals surface area contributed by atoms with Crippen molar-refractivity contribution in [2.24, 2.45) is 0 Å². The van der Waals surface area contributed by atoms with Crippen LogP contribution in [0.25, 0.3) is 0 Å². The van der Waals surface area contributed by atoms with Crippen LogP contribution in [0.2, 0.25) is 0 Å². The number of carbonyl (C=O) groups is 1. The zero-order valence-electron chi connectivity index (χ0n) is 15.3. The molecule has 1 aliphatic rings. The average Bonchev–Trinajstić information content (AvgIpc) is 2.73. The Balaban J connectivity index is 1.55. The zero-order chi connectivity index (χ0) is 20.4. The van der Waals surface area contributed by atoms with E-state index in [2.05, 4.69) is 21.4 Å². The van der Waals surface area contributed by atoms with Gasteiger partial charge in [-0.3, -0.25) is 4.79 Å². The Kier molecular flexibility index (Phi) is 4.92. The van der Waals surface area contributed by atoms with E-state index in [-0.39, 0.29) is 11.4 Å². The highest BCUT2D eigenvalue weighted by Crippen LogP contribution is 2.34. The van der Waals surface area contributed by atoms with Crippen molar-refractivity contribution >= 4 is 17.4 Å². The van der Waals surface area contributed by atoms with E-state index >= 15 is 0 Å².